The molecule has 0 amide bonds. The number of nitrogens with zero attached hydrogens (tertiary/aromatic N) is 1. The monoisotopic (exact) mass is 252 g/mol. The van der Waals surface area contributed by atoms with Gasteiger partial charge in [0.05, 0.1) is 0 Å². The highest BCUT2D eigenvalue weighted by molar-refractivity contribution is 4.97. The Kier molecular flexibility index (Phi) is 4.38. The molecule has 106 valence electrons. The summed E-state index contributed by atoms with van der Waals surface area (Å²) in [4.78, 5) is 2.84. The van der Waals surface area contributed by atoms with Crippen molar-refractivity contribution in [3.05, 3.63) is 0 Å². The van der Waals surface area contributed by atoms with Crippen molar-refractivity contribution in [2.45, 2.75) is 77.9 Å². The Balaban J connectivity index is 1.83. The molecule has 0 saturated heterocycles. The summed E-state index contributed by atoms with van der Waals surface area (Å²) in [5.41, 5.74) is 0.266. The van der Waals surface area contributed by atoms with Gasteiger partial charge >= 0.3 is 0 Å². The van der Waals surface area contributed by atoms with Gasteiger partial charge in [0.15, 0.2) is 0 Å². The third kappa shape index (κ3) is 3.96. The first kappa shape index (κ1) is 14.3. The summed E-state index contributed by atoms with van der Waals surface area (Å²) in [6.45, 7) is 14.0. The molecule has 2 rings (SSSR count). The van der Waals surface area contributed by atoms with E-state index in [1.807, 2.05) is 0 Å². The van der Waals surface area contributed by atoms with Gasteiger partial charge in [0.1, 0.15) is 0 Å². The van der Waals surface area contributed by atoms with Gasteiger partial charge in [-0.1, -0.05) is 13.8 Å². The van der Waals surface area contributed by atoms with Crippen molar-refractivity contribution in [1.82, 2.24) is 10.2 Å². The van der Waals surface area contributed by atoms with Crippen molar-refractivity contribution < 1.29 is 0 Å². The maximum atomic E-state index is 3.69. The predicted octanol–water partition coefficient (Wildman–Crippen LogP) is 3.27. The van der Waals surface area contributed by atoms with Crippen LogP contribution in [0.25, 0.3) is 0 Å². The Bertz CT molecular complexity index is 263. The Hall–Kier alpha value is -0.0800. The highest BCUT2D eigenvalue weighted by atomic mass is 15.2. The molecule has 0 bridgehead atoms. The number of hydrogen-bond donors (Lipinski definition) is 1. The second-order valence-electron chi connectivity index (χ2n) is 7.86. The fraction of sp³-hybridized carbons (Fsp3) is 1.00. The zero-order valence-corrected chi connectivity index (χ0v) is 13.0. The molecule has 2 saturated carbocycles. The molecule has 0 aromatic heterocycles. The second-order valence-corrected chi connectivity index (χ2v) is 7.86. The van der Waals surface area contributed by atoms with Crippen molar-refractivity contribution in [2.24, 2.45) is 11.8 Å². The molecule has 2 aliphatic rings. The van der Waals surface area contributed by atoms with E-state index in [1.165, 1.54) is 38.8 Å². The first-order valence-corrected chi connectivity index (χ1v) is 7.87. The van der Waals surface area contributed by atoms with Crippen LogP contribution in [0.5, 0.6) is 0 Å². The highest BCUT2D eigenvalue weighted by Crippen LogP contribution is 2.39. The molecular weight excluding hydrogens is 220 g/mol. The van der Waals surface area contributed by atoms with Crippen LogP contribution < -0.4 is 5.32 Å². The molecule has 0 radical (unpaired) electrons. The first-order valence-electron chi connectivity index (χ1n) is 7.87. The van der Waals surface area contributed by atoms with Gasteiger partial charge in [0, 0.05) is 24.2 Å². The van der Waals surface area contributed by atoms with Gasteiger partial charge in [0.25, 0.3) is 0 Å². The van der Waals surface area contributed by atoms with Gasteiger partial charge in [-0.25, -0.2) is 0 Å². The molecular formula is C16H32N2. The number of nitrogens with one attached hydrogen (secondary N) is 1. The minimum absolute atomic E-state index is 0.266. The molecule has 18 heavy (non-hydrogen) atoms. The predicted molar refractivity (Wildman–Crippen MR) is 78.8 cm³/mol. The molecule has 2 fully saturated rings. The summed E-state index contributed by atoms with van der Waals surface area (Å²) in [7, 11) is 0. The van der Waals surface area contributed by atoms with Crippen LogP contribution in [0.15, 0.2) is 0 Å². The molecule has 2 nitrogen and oxygen atoms in total. The molecule has 0 aliphatic heterocycles. The molecule has 2 heteroatoms. The molecule has 0 aromatic rings. The van der Waals surface area contributed by atoms with E-state index >= 15 is 0 Å². The summed E-state index contributed by atoms with van der Waals surface area (Å²) in [6.07, 6.45) is 5.75. The van der Waals surface area contributed by atoms with Gasteiger partial charge in [-0.2, -0.15) is 0 Å². The SMILES string of the molecule is CC(C)CN(C1CC1)C1CCC1CNC(C)(C)C. The van der Waals surface area contributed by atoms with Gasteiger partial charge < -0.3 is 5.32 Å². The fourth-order valence-electron chi connectivity index (χ4n) is 3.05. The van der Waals surface area contributed by atoms with E-state index in [4.69, 9.17) is 0 Å². The quantitative estimate of drug-likeness (QED) is 0.780. The summed E-state index contributed by atoms with van der Waals surface area (Å²) < 4.78 is 0. The molecule has 0 spiro atoms. The van der Waals surface area contributed by atoms with Crippen molar-refractivity contribution in [3.63, 3.8) is 0 Å². The maximum absolute atomic E-state index is 3.69. The maximum Gasteiger partial charge on any atom is 0.0139 e. The van der Waals surface area contributed by atoms with Gasteiger partial charge in [-0.15, -0.1) is 0 Å². The van der Waals surface area contributed by atoms with E-state index in [0.29, 0.717) is 0 Å². The molecule has 2 atom stereocenters. The van der Waals surface area contributed by atoms with Crippen LogP contribution in [0.3, 0.4) is 0 Å². The highest BCUT2D eigenvalue weighted by Gasteiger charge is 2.41. The Morgan fingerprint density at radius 1 is 1.11 bits per heavy atom. The van der Waals surface area contributed by atoms with E-state index in [9.17, 15) is 0 Å². The van der Waals surface area contributed by atoms with Crippen LogP contribution in [0.1, 0.15) is 60.3 Å². The van der Waals surface area contributed by atoms with Crippen LogP contribution >= 0.6 is 0 Å². The lowest BCUT2D eigenvalue weighted by atomic mass is 9.77. The third-order valence-corrected chi connectivity index (χ3v) is 4.29. The molecule has 2 aliphatic carbocycles. The summed E-state index contributed by atoms with van der Waals surface area (Å²) >= 11 is 0. The van der Waals surface area contributed by atoms with Gasteiger partial charge in [0.2, 0.25) is 0 Å². The molecule has 0 aromatic carbocycles. The normalized spacial score (nSPS) is 28.8. The Labute approximate surface area is 114 Å². The smallest absolute Gasteiger partial charge is 0.0139 e. The van der Waals surface area contributed by atoms with E-state index in [1.54, 1.807) is 0 Å². The largest absolute Gasteiger partial charge is 0.312 e. The zero-order valence-electron chi connectivity index (χ0n) is 13.0. The van der Waals surface area contributed by atoms with Crippen LogP contribution in [-0.4, -0.2) is 35.6 Å². The van der Waals surface area contributed by atoms with E-state index < -0.39 is 0 Å². The summed E-state index contributed by atoms with van der Waals surface area (Å²) in [5.74, 6) is 1.70. The van der Waals surface area contributed by atoms with Crippen molar-refractivity contribution in [1.29, 1.82) is 0 Å². The minimum Gasteiger partial charge on any atom is -0.312 e. The zero-order chi connectivity index (χ0) is 13.3. The average Bonchev–Trinajstić information content (AvgIpc) is 2.94. The molecule has 2 unspecified atom stereocenters. The van der Waals surface area contributed by atoms with Gasteiger partial charge in [-0.05, 0) is 64.8 Å². The standard InChI is InChI=1S/C16H32N2/c1-12(2)11-18(14-7-8-14)15-9-6-13(15)10-17-16(3,4)5/h12-15,17H,6-11H2,1-5H3. The van der Waals surface area contributed by atoms with E-state index in [0.717, 1.165) is 23.9 Å². The number of hydrogen-bond acceptors (Lipinski definition) is 2. The third-order valence-electron chi connectivity index (χ3n) is 4.29. The average molecular weight is 252 g/mol. The number of rotatable bonds is 6. The van der Waals surface area contributed by atoms with Crippen molar-refractivity contribution in [2.75, 3.05) is 13.1 Å². The van der Waals surface area contributed by atoms with Crippen LogP contribution in [-0.2, 0) is 0 Å². The Morgan fingerprint density at radius 2 is 1.78 bits per heavy atom. The lowest BCUT2D eigenvalue weighted by molar-refractivity contribution is 0.0427. The summed E-state index contributed by atoms with van der Waals surface area (Å²) in [6, 6.07) is 1.80. The van der Waals surface area contributed by atoms with E-state index in [2.05, 4.69) is 44.8 Å². The lowest BCUT2D eigenvalue weighted by Gasteiger charge is -2.46. The van der Waals surface area contributed by atoms with E-state index in [-0.39, 0.29) is 5.54 Å². The van der Waals surface area contributed by atoms with Gasteiger partial charge in [-0.3, -0.25) is 4.90 Å². The summed E-state index contributed by atoms with van der Waals surface area (Å²) in [5, 5.41) is 3.69. The van der Waals surface area contributed by atoms with Crippen LogP contribution in [0, 0.1) is 11.8 Å². The van der Waals surface area contributed by atoms with Crippen LogP contribution in [0.4, 0.5) is 0 Å². The second kappa shape index (κ2) is 5.50. The molecule has 0 heterocycles. The topological polar surface area (TPSA) is 15.3 Å². The lowest BCUT2D eigenvalue weighted by Crippen LogP contribution is -2.54. The first-order chi connectivity index (χ1) is 8.37. The molecule has 1 N–H and O–H groups in total. The fourth-order valence-corrected chi connectivity index (χ4v) is 3.05. The van der Waals surface area contributed by atoms with Crippen molar-refractivity contribution >= 4 is 0 Å². The van der Waals surface area contributed by atoms with Crippen molar-refractivity contribution in [3.8, 4) is 0 Å². The minimum atomic E-state index is 0.266. The Morgan fingerprint density at radius 3 is 2.17 bits per heavy atom. The van der Waals surface area contributed by atoms with Crippen LogP contribution in [0.2, 0.25) is 0 Å².